The first-order valence-corrected chi connectivity index (χ1v) is 9.60. The van der Waals surface area contributed by atoms with E-state index in [1.165, 1.54) is 17.5 Å². The minimum absolute atomic E-state index is 0.302. The molecule has 1 saturated carbocycles. The monoisotopic (exact) mass is 344 g/mol. The molecule has 25 heavy (non-hydrogen) atoms. The minimum Gasteiger partial charge on any atom is -0.379 e. The number of nitrogens with zero attached hydrogens (tertiary/aromatic N) is 2. The molecule has 1 heterocycles. The highest BCUT2D eigenvalue weighted by Crippen LogP contribution is 2.29. The smallest absolute Gasteiger partial charge is 0.191 e. The van der Waals surface area contributed by atoms with Crippen molar-refractivity contribution < 1.29 is 4.74 Å². The number of ether oxygens (including phenoxy) is 1. The quantitative estimate of drug-likeness (QED) is 0.614. The molecule has 2 fully saturated rings. The Bertz CT molecular complexity index is 583. The lowest BCUT2D eigenvalue weighted by Gasteiger charge is -2.34. The molecule has 0 amide bonds. The van der Waals surface area contributed by atoms with E-state index in [4.69, 9.17) is 9.73 Å². The molecule has 0 spiro atoms. The fourth-order valence-corrected chi connectivity index (χ4v) is 3.39. The molecule has 1 aliphatic heterocycles. The molecule has 1 aliphatic carbocycles. The van der Waals surface area contributed by atoms with Crippen molar-refractivity contribution in [2.24, 2.45) is 10.9 Å². The maximum atomic E-state index is 5.54. The molecule has 3 rings (SSSR count). The summed E-state index contributed by atoms with van der Waals surface area (Å²) in [6.07, 6.45) is 1.25. The number of nitrogens with one attached hydrogen (secondary N) is 2. The van der Waals surface area contributed by atoms with Crippen LogP contribution in [0.1, 0.15) is 37.4 Å². The molecule has 2 aliphatic rings. The van der Waals surface area contributed by atoms with Gasteiger partial charge in [0.1, 0.15) is 0 Å². The van der Waals surface area contributed by atoms with Crippen molar-refractivity contribution in [1.29, 1.82) is 0 Å². The van der Waals surface area contributed by atoms with Crippen LogP contribution >= 0.6 is 0 Å². The maximum Gasteiger partial charge on any atom is 0.191 e. The zero-order valence-corrected chi connectivity index (χ0v) is 15.8. The first-order valence-electron chi connectivity index (χ1n) is 9.60. The predicted octanol–water partition coefficient (Wildman–Crippen LogP) is 2.33. The second-order valence-corrected chi connectivity index (χ2v) is 7.26. The van der Waals surface area contributed by atoms with Gasteiger partial charge in [-0.05, 0) is 31.7 Å². The van der Waals surface area contributed by atoms with Gasteiger partial charge in [0.2, 0.25) is 0 Å². The summed E-state index contributed by atoms with van der Waals surface area (Å²) in [5.74, 6) is 1.71. The fraction of sp³-hybridized carbons (Fsp3) is 0.650. The van der Waals surface area contributed by atoms with E-state index >= 15 is 0 Å². The molecule has 3 unspecified atom stereocenters. The summed E-state index contributed by atoms with van der Waals surface area (Å²) in [5.41, 5.74) is 2.65. The summed E-state index contributed by atoms with van der Waals surface area (Å²) < 4.78 is 5.54. The van der Waals surface area contributed by atoms with Gasteiger partial charge in [0.05, 0.1) is 25.8 Å². The third-order valence-corrected chi connectivity index (χ3v) is 5.11. The second kappa shape index (κ2) is 8.68. The lowest BCUT2D eigenvalue weighted by molar-refractivity contribution is 0.0179. The zero-order chi connectivity index (χ0) is 17.6. The topological polar surface area (TPSA) is 48.9 Å². The minimum atomic E-state index is 0.302. The van der Waals surface area contributed by atoms with Crippen molar-refractivity contribution in [2.75, 3.05) is 39.4 Å². The second-order valence-electron chi connectivity index (χ2n) is 7.26. The van der Waals surface area contributed by atoms with E-state index in [0.717, 1.165) is 51.3 Å². The van der Waals surface area contributed by atoms with E-state index in [9.17, 15) is 0 Å². The summed E-state index contributed by atoms with van der Waals surface area (Å²) >= 11 is 0. The van der Waals surface area contributed by atoms with Gasteiger partial charge in [0.25, 0.3) is 0 Å². The van der Waals surface area contributed by atoms with E-state index in [-0.39, 0.29) is 0 Å². The molecule has 5 nitrogen and oxygen atoms in total. The molecule has 1 aromatic carbocycles. The van der Waals surface area contributed by atoms with Gasteiger partial charge in [0.15, 0.2) is 5.96 Å². The SMILES string of the molecule is CCNC(=NCC(c1cccc(C)c1)N1CCOCC1)NC1CC1C. The molecule has 0 aromatic heterocycles. The third-order valence-electron chi connectivity index (χ3n) is 5.11. The number of hydrogen-bond donors (Lipinski definition) is 2. The molecule has 1 saturated heterocycles. The Hall–Kier alpha value is -1.59. The number of morpholine rings is 1. The van der Waals surface area contributed by atoms with Gasteiger partial charge in [-0.25, -0.2) is 0 Å². The van der Waals surface area contributed by atoms with E-state index in [1.54, 1.807) is 0 Å². The van der Waals surface area contributed by atoms with Crippen LogP contribution < -0.4 is 10.6 Å². The van der Waals surface area contributed by atoms with Gasteiger partial charge in [-0.3, -0.25) is 9.89 Å². The normalized spacial score (nSPS) is 25.5. The van der Waals surface area contributed by atoms with Crippen LogP contribution in [0.2, 0.25) is 0 Å². The van der Waals surface area contributed by atoms with Gasteiger partial charge in [0, 0.05) is 25.7 Å². The average Bonchev–Trinajstić information content (AvgIpc) is 3.31. The van der Waals surface area contributed by atoms with E-state index in [1.807, 2.05) is 0 Å². The van der Waals surface area contributed by atoms with Gasteiger partial charge >= 0.3 is 0 Å². The average molecular weight is 345 g/mol. The third kappa shape index (κ3) is 5.19. The summed E-state index contributed by atoms with van der Waals surface area (Å²) in [4.78, 5) is 7.43. The number of benzene rings is 1. The Kier molecular flexibility index (Phi) is 6.32. The Morgan fingerprint density at radius 3 is 2.76 bits per heavy atom. The highest BCUT2D eigenvalue weighted by atomic mass is 16.5. The summed E-state index contributed by atoms with van der Waals surface area (Å²) in [7, 11) is 0. The lowest BCUT2D eigenvalue weighted by Crippen LogP contribution is -2.42. The molecule has 3 atom stereocenters. The molecule has 2 N–H and O–H groups in total. The Morgan fingerprint density at radius 1 is 1.36 bits per heavy atom. The standard InChI is InChI=1S/C20H32N4O/c1-4-21-20(23-18-13-16(18)3)22-14-19(24-8-10-25-11-9-24)17-7-5-6-15(2)12-17/h5-7,12,16,18-19H,4,8-11,13-14H2,1-3H3,(H2,21,22,23). The zero-order valence-electron chi connectivity index (χ0n) is 15.8. The molecular weight excluding hydrogens is 312 g/mol. The fourth-order valence-electron chi connectivity index (χ4n) is 3.39. The van der Waals surface area contributed by atoms with Gasteiger partial charge in [-0.2, -0.15) is 0 Å². The number of hydrogen-bond acceptors (Lipinski definition) is 3. The van der Waals surface area contributed by atoms with E-state index in [2.05, 4.69) is 60.6 Å². The predicted molar refractivity (Wildman–Crippen MR) is 103 cm³/mol. The van der Waals surface area contributed by atoms with Gasteiger partial charge in [-0.1, -0.05) is 36.8 Å². The van der Waals surface area contributed by atoms with E-state index < -0.39 is 0 Å². The van der Waals surface area contributed by atoms with Crippen LogP contribution in [-0.2, 0) is 4.74 Å². The summed E-state index contributed by atoms with van der Waals surface area (Å²) in [5, 5.41) is 6.95. The van der Waals surface area contributed by atoms with Crippen LogP contribution in [0.3, 0.4) is 0 Å². The molecule has 5 heteroatoms. The number of rotatable bonds is 6. The molecular formula is C20H32N4O. The van der Waals surface area contributed by atoms with Crippen LogP contribution in [0.5, 0.6) is 0 Å². The lowest BCUT2D eigenvalue weighted by atomic mass is 10.0. The van der Waals surface area contributed by atoms with Crippen LogP contribution in [0.15, 0.2) is 29.3 Å². The Labute approximate surface area is 151 Å². The molecule has 0 bridgehead atoms. The van der Waals surface area contributed by atoms with Crippen molar-refractivity contribution in [3.8, 4) is 0 Å². The molecule has 138 valence electrons. The van der Waals surface area contributed by atoms with Crippen molar-refractivity contribution in [3.05, 3.63) is 35.4 Å². The van der Waals surface area contributed by atoms with Crippen LogP contribution in [-0.4, -0.2) is 56.3 Å². The van der Waals surface area contributed by atoms with Crippen molar-refractivity contribution >= 4 is 5.96 Å². The highest BCUT2D eigenvalue weighted by molar-refractivity contribution is 5.80. The van der Waals surface area contributed by atoms with Crippen LogP contribution in [0.25, 0.3) is 0 Å². The number of aliphatic imine (C=N–C) groups is 1. The van der Waals surface area contributed by atoms with Gasteiger partial charge < -0.3 is 15.4 Å². The first kappa shape index (κ1) is 18.2. The highest BCUT2D eigenvalue weighted by Gasteiger charge is 2.33. The van der Waals surface area contributed by atoms with Crippen molar-refractivity contribution in [3.63, 3.8) is 0 Å². The number of aryl methyl sites for hydroxylation is 1. The first-order chi connectivity index (χ1) is 12.2. The summed E-state index contributed by atoms with van der Waals surface area (Å²) in [6, 6.07) is 9.71. The Balaban J connectivity index is 1.74. The van der Waals surface area contributed by atoms with Crippen molar-refractivity contribution in [2.45, 2.75) is 39.3 Å². The molecule has 0 radical (unpaired) electrons. The van der Waals surface area contributed by atoms with Crippen LogP contribution in [0.4, 0.5) is 0 Å². The maximum absolute atomic E-state index is 5.54. The summed E-state index contributed by atoms with van der Waals surface area (Å²) in [6.45, 7) is 11.8. The van der Waals surface area contributed by atoms with Crippen molar-refractivity contribution in [1.82, 2.24) is 15.5 Å². The molecule has 1 aromatic rings. The van der Waals surface area contributed by atoms with Crippen LogP contribution in [0, 0.1) is 12.8 Å². The largest absolute Gasteiger partial charge is 0.379 e. The number of guanidine groups is 1. The van der Waals surface area contributed by atoms with E-state index in [0.29, 0.717) is 12.1 Å². The Morgan fingerprint density at radius 2 is 2.12 bits per heavy atom. The van der Waals surface area contributed by atoms with Gasteiger partial charge in [-0.15, -0.1) is 0 Å².